The molecule has 1 aromatic rings. The van der Waals surface area contributed by atoms with Crippen LogP contribution in [0.1, 0.15) is 17.2 Å². The van der Waals surface area contributed by atoms with Crippen molar-refractivity contribution in [2.45, 2.75) is 12.6 Å². The Labute approximate surface area is 84.0 Å². The first-order valence-electron chi connectivity index (χ1n) is 4.77. The summed E-state index contributed by atoms with van der Waals surface area (Å²) in [5, 5.41) is 3.23. The van der Waals surface area contributed by atoms with E-state index < -0.39 is 0 Å². The topological polar surface area (TPSA) is 30.5 Å². The highest BCUT2D eigenvalue weighted by atomic mass is 16.5. The summed E-state index contributed by atoms with van der Waals surface area (Å²) >= 11 is 0. The minimum Gasteiger partial charge on any atom is -0.497 e. The maximum absolute atomic E-state index is 5.47. The van der Waals surface area contributed by atoms with E-state index in [2.05, 4.69) is 17.4 Å². The van der Waals surface area contributed by atoms with Crippen molar-refractivity contribution in [2.24, 2.45) is 0 Å². The molecule has 76 valence electrons. The van der Waals surface area contributed by atoms with E-state index in [1.54, 1.807) is 7.11 Å². The smallest absolute Gasteiger partial charge is 0.119 e. The number of fused-ring (bicyclic) bond motifs is 1. The fraction of sp³-hybridized carbons (Fsp3) is 0.455. The molecule has 0 bridgehead atoms. The van der Waals surface area contributed by atoms with Crippen LogP contribution in [0.5, 0.6) is 5.75 Å². The van der Waals surface area contributed by atoms with E-state index in [1.165, 1.54) is 11.1 Å². The first-order valence-corrected chi connectivity index (χ1v) is 4.77. The Morgan fingerprint density at radius 3 is 3.07 bits per heavy atom. The van der Waals surface area contributed by atoms with Gasteiger partial charge in [0.05, 0.1) is 26.4 Å². The van der Waals surface area contributed by atoms with Gasteiger partial charge in [0.15, 0.2) is 0 Å². The van der Waals surface area contributed by atoms with Crippen LogP contribution in [0.4, 0.5) is 0 Å². The summed E-state index contributed by atoms with van der Waals surface area (Å²) in [5.74, 6) is 0.908. The van der Waals surface area contributed by atoms with Gasteiger partial charge in [-0.25, -0.2) is 0 Å². The van der Waals surface area contributed by atoms with E-state index in [9.17, 15) is 0 Å². The average Bonchev–Trinajstić information content (AvgIpc) is 2.27. The Bertz CT molecular complexity index is 325. The van der Waals surface area contributed by atoms with Gasteiger partial charge in [0.25, 0.3) is 0 Å². The molecular formula is C11H15NO2. The average molecular weight is 193 g/mol. The number of hydrogen-bond donors (Lipinski definition) is 1. The van der Waals surface area contributed by atoms with Crippen molar-refractivity contribution >= 4 is 0 Å². The van der Waals surface area contributed by atoms with Crippen LogP contribution < -0.4 is 10.1 Å². The maximum atomic E-state index is 5.47. The molecule has 0 spiro atoms. The minimum atomic E-state index is 0.286. The standard InChI is InChI=1S/C11H15NO2/c1-12-11-7-14-6-8-3-4-9(13-2)5-10(8)11/h3-5,11-12H,6-7H2,1-2H3/t11-/m0/s1. The van der Waals surface area contributed by atoms with E-state index in [4.69, 9.17) is 9.47 Å². The largest absolute Gasteiger partial charge is 0.497 e. The molecule has 3 nitrogen and oxygen atoms in total. The molecule has 0 fully saturated rings. The molecule has 0 amide bonds. The van der Waals surface area contributed by atoms with E-state index >= 15 is 0 Å². The van der Waals surface area contributed by atoms with Gasteiger partial charge in [0.1, 0.15) is 5.75 Å². The summed E-state index contributed by atoms with van der Waals surface area (Å²) in [6, 6.07) is 6.41. The van der Waals surface area contributed by atoms with Gasteiger partial charge in [0, 0.05) is 0 Å². The molecule has 1 heterocycles. The predicted octanol–water partition coefficient (Wildman–Crippen LogP) is 1.49. The molecule has 0 unspecified atom stereocenters. The molecule has 1 atom stereocenters. The van der Waals surface area contributed by atoms with Gasteiger partial charge in [-0.05, 0) is 30.3 Å². The fourth-order valence-electron chi connectivity index (χ4n) is 1.77. The number of nitrogens with one attached hydrogen (secondary N) is 1. The lowest BCUT2D eigenvalue weighted by atomic mass is 9.99. The van der Waals surface area contributed by atoms with Gasteiger partial charge in [0.2, 0.25) is 0 Å². The monoisotopic (exact) mass is 193 g/mol. The summed E-state index contributed by atoms with van der Waals surface area (Å²) in [4.78, 5) is 0. The Morgan fingerprint density at radius 1 is 1.50 bits per heavy atom. The number of likely N-dealkylation sites (N-methyl/N-ethyl adjacent to an activating group) is 1. The number of methoxy groups -OCH3 is 1. The van der Waals surface area contributed by atoms with Crippen LogP contribution in [-0.4, -0.2) is 20.8 Å². The van der Waals surface area contributed by atoms with Crippen molar-refractivity contribution in [3.8, 4) is 5.75 Å². The fourth-order valence-corrected chi connectivity index (χ4v) is 1.77. The molecule has 1 aliphatic rings. The van der Waals surface area contributed by atoms with Crippen molar-refractivity contribution in [3.05, 3.63) is 29.3 Å². The summed E-state index contributed by atoms with van der Waals surface area (Å²) in [6.45, 7) is 1.44. The SMILES string of the molecule is CN[C@H]1COCc2ccc(OC)cc21. The minimum absolute atomic E-state index is 0.286. The summed E-state index contributed by atoms with van der Waals surface area (Å²) in [7, 11) is 3.64. The van der Waals surface area contributed by atoms with Crippen molar-refractivity contribution in [2.75, 3.05) is 20.8 Å². The first-order chi connectivity index (χ1) is 6.85. The number of hydrogen-bond acceptors (Lipinski definition) is 3. The normalized spacial score (nSPS) is 20.3. The highest BCUT2D eigenvalue weighted by Crippen LogP contribution is 2.27. The zero-order valence-corrected chi connectivity index (χ0v) is 8.54. The van der Waals surface area contributed by atoms with Crippen molar-refractivity contribution < 1.29 is 9.47 Å². The van der Waals surface area contributed by atoms with Gasteiger partial charge in [-0.2, -0.15) is 0 Å². The molecule has 1 N–H and O–H groups in total. The van der Waals surface area contributed by atoms with Gasteiger partial charge >= 0.3 is 0 Å². The molecule has 3 heteroatoms. The van der Waals surface area contributed by atoms with Gasteiger partial charge in [-0.3, -0.25) is 0 Å². The molecule has 0 aromatic heterocycles. The van der Waals surface area contributed by atoms with E-state index in [1.807, 2.05) is 13.1 Å². The molecule has 1 aromatic carbocycles. The molecule has 0 saturated carbocycles. The molecular weight excluding hydrogens is 178 g/mol. The second-order valence-electron chi connectivity index (χ2n) is 3.42. The van der Waals surface area contributed by atoms with Crippen LogP contribution in [0.3, 0.4) is 0 Å². The molecule has 0 aliphatic carbocycles. The van der Waals surface area contributed by atoms with E-state index in [0.717, 1.165) is 12.4 Å². The highest BCUT2D eigenvalue weighted by molar-refractivity contribution is 5.38. The van der Waals surface area contributed by atoms with Crippen molar-refractivity contribution in [1.29, 1.82) is 0 Å². The highest BCUT2D eigenvalue weighted by Gasteiger charge is 2.19. The zero-order valence-electron chi connectivity index (χ0n) is 8.54. The Hall–Kier alpha value is -1.06. The molecule has 2 rings (SSSR count). The van der Waals surface area contributed by atoms with Crippen LogP contribution in [0.2, 0.25) is 0 Å². The third kappa shape index (κ3) is 1.61. The maximum Gasteiger partial charge on any atom is 0.119 e. The quantitative estimate of drug-likeness (QED) is 0.771. The zero-order chi connectivity index (χ0) is 9.97. The van der Waals surface area contributed by atoms with E-state index in [-0.39, 0.29) is 6.04 Å². The van der Waals surface area contributed by atoms with Gasteiger partial charge < -0.3 is 14.8 Å². The summed E-state index contributed by atoms with van der Waals surface area (Å²) in [6.07, 6.45) is 0. The Morgan fingerprint density at radius 2 is 2.36 bits per heavy atom. The van der Waals surface area contributed by atoms with Crippen LogP contribution in [0.25, 0.3) is 0 Å². The first kappa shape index (κ1) is 9.49. The van der Waals surface area contributed by atoms with Crippen LogP contribution >= 0.6 is 0 Å². The van der Waals surface area contributed by atoms with Crippen LogP contribution in [-0.2, 0) is 11.3 Å². The second kappa shape index (κ2) is 3.98. The third-order valence-corrected chi connectivity index (χ3v) is 2.62. The van der Waals surface area contributed by atoms with Crippen molar-refractivity contribution in [1.82, 2.24) is 5.32 Å². The second-order valence-corrected chi connectivity index (χ2v) is 3.42. The summed E-state index contributed by atoms with van der Waals surface area (Å²) in [5.41, 5.74) is 2.54. The van der Waals surface area contributed by atoms with Crippen LogP contribution in [0.15, 0.2) is 18.2 Å². The Balaban J connectivity index is 2.38. The van der Waals surface area contributed by atoms with Gasteiger partial charge in [-0.1, -0.05) is 6.07 Å². The number of ether oxygens (including phenoxy) is 2. The summed E-state index contributed by atoms with van der Waals surface area (Å²) < 4.78 is 10.7. The van der Waals surface area contributed by atoms with Crippen LogP contribution in [0, 0.1) is 0 Å². The lowest BCUT2D eigenvalue weighted by Gasteiger charge is -2.25. The number of rotatable bonds is 2. The predicted molar refractivity (Wildman–Crippen MR) is 54.5 cm³/mol. The number of benzene rings is 1. The van der Waals surface area contributed by atoms with Crippen molar-refractivity contribution in [3.63, 3.8) is 0 Å². The van der Waals surface area contributed by atoms with E-state index in [0.29, 0.717) is 6.61 Å². The lowest BCUT2D eigenvalue weighted by Crippen LogP contribution is -2.26. The third-order valence-electron chi connectivity index (χ3n) is 2.62. The molecule has 0 radical (unpaired) electrons. The molecule has 0 saturated heterocycles. The molecule has 1 aliphatic heterocycles. The Kier molecular flexibility index (Phi) is 2.70. The van der Waals surface area contributed by atoms with Gasteiger partial charge in [-0.15, -0.1) is 0 Å². The lowest BCUT2D eigenvalue weighted by molar-refractivity contribution is 0.0843. The molecule has 14 heavy (non-hydrogen) atoms.